The lowest BCUT2D eigenvalue weighted by atomic mass is 9.88. The molecule has 0 aliphatic carbocycles. The molecular weight excluding hydrogens is 372 g/mol. The summed E-state index contributed by atoms with van der Waals surface area (Å²) in [6.45, 7) is 7.60. The Kier molecular flexibility index (Phi) is 8.17. The van der Waals surface area contributed by atoms with Crippen LogP contribution in [0.3, 0.4) is 0 Å². The van der Waals surface area contributed by atoms with Gasteiger partial charge in [-0.25, -0.2) is 0 Å². The van der Waals surface area contributed by atoms with E-state index in [-0.39, 0.29) is 29.6 Å². The SMILES string of the molecule is CCCNC(=O)[C@@H]1CN(C(=O)CC(C)C)C[C@H]1c1cc(OC)c(OC)c(OC)c1. The Labute approximate surface area is 173 Å². The van der Waals surface area contributed by atoms with Gasteiger partial charge in [-0.2, -0.15) is 0 Å². The van der Waals surface area contributed by atoms with E-state index in [9.17, 15) is 9.59 Å². The zero-order valence-corrected chi connectivity index (χ0v) is 18.4. The number of carbonyl (C=O) groups excluding carboxylic acids is 2. The van der Waals surface area contributed by atoms with Crippen LogP contribution in [0.4, 0.5) is 0 Å². The fourth-order valence-corrected chi connectivity index (χ4v) is 3.78. The van der Waals surface area contributed by atoms with Crippen molar-refractivity contribution in [3.05, 3.63) is 17.7 Å². The Bertz CT molecular complexity index is 694. The molecule has 1 aromatic rings. The zero-order chi connectivity index (χ0) is 21.6. The lowest BCUT2D eigenvalue weighted by Crippen LogP contribution is -2.36. The molecule has 1 saturated heterocycles. The van der Waals surface area contributed by atoms with E-state index in [4.69, 9.17) is 14.2 Å². The molecule has 2 atom stereocenters. The van der Waals surface area contributed by atoms with Crippen LogP contribution < -0.4 is 19.5 Å². The summed E-state index contributed by atoms with van der Waals surface area (Å²) in [6, 6.07) is 3.76. The smallest absolute Gasteiger partial charge is 0.225 e. The van der Waals surface area contributed by atoms with E-state index in [2.05, 4.69) is 5.32 Å². The Morgan fingerprint density at radius 2 is 1.72 bits per heavy atom. The standard InChI is InChI=1S/C22H34N2O5/c1-7-8-23-22(26)17-13-24(20(25)9-14(2)3)12-16(17)15-10-18(27-4)21(29-6)19(11-15)28-5/h10-11,14,16-17H,7-9,12-13H2,1-6H3,(H,23,26)/t16-,17+/m0/s1. The first kappa shape index (κ1) is 22.8. The van der Waals surface area contributed by atoms with Crippen LogP contribution in [-0.2, 0) is 9.59 Å². The van der Waals surface area contributed by atoms with Crippen LogP contribution in [0.5, 0.6) is 17.2 Å². The summed E-state index contributed by atoms with van der Waals surface area (Å²) >= 11 is 0. The molecule has 1 aliphatic rings. The highest BCUT2D eigenvalue weighted by Crippen LogP contribution is 2.43. The van der Waals surface area contributed by atoms with Crippen LogP contribution in [0.2, 0.25) is 0 Å². The normalized spacial score (nSPS) is 18.7. The van der Waals surface area contributed by atoms with Gasteiger partial charge in [0.15, 0.2) is 11.5 Å². The van der Waals surface area contributed by atoms with Gasteiger partial charge in [0.2, 0.25) is 17.6 Å². The highest BCUT2D eigenvalue weighted by molar-refractivity contribution is 5.83. The number of rotatable bonds is 9. The molecule has 1 heterocycles. The molecule has 162 valence electrons. The number of hydrogen-bond donors (Lipinski definition) is 1. The molecular formula is C22H34N2O5. The second-order valence-electron chi connectivity index (χ2n) is 7.86. The molecule has 0 radical (unpaired) electrons. The predicted octanol–water partition coefficient (Wildman–Crippen LogP) is 2.83. The minimum absolute atomic E-state index is 0.0227. The molecule has 29 heavy (non-hydrogen) atoms. The van der Waals surface area contributed by atoms with E-state index in [1.54, 1.807) is 21.3 Å². The molecule has 0 unspecified atom stereocenters. The number of hydrogen-bond acceptors (Lipinski definition) is 5. The van der Waals surface area contributed by atoms with Crippen molar-refractivity contribution in [3.8, 4) is 17.2 Å². The van der Waals surface area contributed by atoms with E-state index >= 15 is 0 Å². The van der Waals surface area contributed by atoms with Gasteiger partial charge in [-0.05, 0) is 30.0 Å². The molecule has 7 nitrogen and oxygen atoms in total. The molecule has 1 N–H and O–H groups in total. The van der Waals surface area contributed by atoms with Gasteiger partial charge in [-0.1, -0.05) is 20.8 Å². The predicted molar refractivity (Wildman–Crippen MR) is 112 cm³/mol. The number of amides is 2. The van der Waals surface area contributed by atoms with E-state index < -0.39 is 0 Å². The summed E-state index contributed by atoms with van der Waals surface area (Å²) < 4.78 is 16.4. The summed E-state index contributed by atoms with van der Waals surface area (Å²) in [5.74, 6) is 1.47. The summed E-state index contributed by atoms with van der Waals surface area (Å²) in [5, 5.41) is 2.99. The second kappa shape index (κ2) is 10.4. The van der Waals surface area contributed by atoms with Crippen LogP contribution in [0.15, 0.2) is 12.1 Å². The van der Waals surface area contributed by atoms with Crippen molar-refractivity contribution < 1.29 is 23.8 Å². The number of likely N-dealkylation sites (tertiary alicyclic amines) is 1. The maximum absolute atomic E-state index is 12.9. The number of benzene rings is 1. The van der Waals surface area contributed by atoms with Crippen LogP contribution in [0, 0.1) is 11.8 Å². The number of ether oxygens (including phenoxy) is 3. The van der Waals surface area contributed by atoms with Crippen molar-refractivity contribution in [2.24, 2.45) is 11.8 Å². The van der Waals surface area contributed by atoms with Gasteiger partial charge in [-0.15, -0.1) is 0 Å². The molecule has 0 saturated carbocycles. The number of nitrogens with one attached hydrogen (secondary N) is 1. The molecule has 0 spiro atoms. The Hall–Kier alpha value is -2.44. The quantitative estimate of drug-likeness (QED) is 0.682. The van der Waals surface area contributed by atoms with Gasteiger partial charge in [0, 0.05) is 32.0 Å². The summed E-state index contributed by atoms with van der Waals surface area (Å²) in [6.07, 6.45) is 1.34. The Morgan fingerprint density at radius 1 is 1.10 bits per heavy atom. The monoisotopic (exact) mass is 406 g/mol. The number of methoxy groups -OCH3 is 3. The third-order valence-corrected chi connectivity index (χ3v) is 5.26. The Balaban J connectivity index is 2.39. The molecule has 0 aromatic heterocycles. The summed E-state index contributed by atoms with van der Waals surface area (Å²) in [5.41, 5.74) is 0.899. The van der Waals surface area contributed by atoms with Gasteiger partial charge in [0.25, 0.3) is 0 Å². The molecule has 7 heteroatoms. The fourth-order valence-electron chi connectivity index (χ4n) is 3.78. The highest BCUT2D eigenvalue weighted by Gasteiger charge is 2.41. The lowest BCUT2D eigenvalue weighted by molar-refractivity contribution is -0.131. The van der Waals surface area contributed by atoms with Crippen molar-refractivity contribution in [3.63, 3.8) is 0 Å². The minimum Gasteiger partial charge on any atom is -0.493 e. The Morgan fingerprint density at radius 3 is 2.21 bits per heavy atom. The average Bonchev–Trinajstić information content (AvgIpc) is 3.16. The van der Waals surface area contributed by atoms with Gasteiger partial charge < -0.3 is 24.4 Å². The summed E-state index contributed by atoms with van der Waals surface area (Å²) in [4.78, 5) is 27.4. The molecule has 1 aliphatic heterocycles. The van der Waals surface area contributed by atoms with E-state index in [1.165, 1.54) is 0 Å². The molecule has 1 fully saturated rings. The van der Waals surface area contributed by atoms with Crippen LogP contribution in [0.25, 0.3) is 0 Å². The molecule has 1 aromatic carbocycles. The first-order valence-electron chi connectivity index (χ1n) is 10.2. The maximum atomic E-state index is 12.9. The minimum atomic E-state index is -0.319. The third-order valence-electron chi connectivity index (χ3n) is 5.26. The lowest BCUT2D eigenvalue weighted by Gasteiger charge is -2.21. The first-order chi connectivity index (χ1) is 13.9. The average molecular weight is 407 g/mol. The number of carbonyl (C=O) groups is 2. The van der Waals surface area contributed by atoms with Gasteiger partial charge >= 0.3 is 0 Å². The van der Waals surface area contributed by atoms with Crippen molar-refractivity contribution in [2.45, 2.75) is 39.5 Å². The van der Waals surface area contributed by atoms with Crippen LogP contribution in [-0.4, -0.2) is 57.7 Å². The largest absolute Gasteiger partial charge is 0.493 e. The summed E-state index contributed by atoms with van der Waals surface area (Å²) in [7, 11) is 4.70. The maximum Gasteiger partial charge on any atom is 0.225 e. The molecule has 2 amide bonds. The van der Waals surface area contributed by atoms with E-state index in [0.29, 0.717) is 43.3 Å². The van der Waals surface area contributed by atoms with E-state index in [0.717, 1.165) is 12.0 Å². The van der Waals surface area contributed by atoms with Crippen molar-refractivity contribution in [1.82, 2.24) is 10.2 Å². The van der Waals surface area contributed by atoms with Crippen LogP contribution >= 0.6 is 0 Å². The van der Waals surface area contributed by atoms with Gasteiger partial charge in [0.05, 0.1) is 27.2 Å². The molecule has 2 rings (SSSR count). The molecule has 0 bridgehead atoms. The first-order valence-corrected chi connectivity index (χ1v) is 10.2. The highest BCUT2D eigenvalue weighted by atomic mass is 16.5. The van der Waals surface area contributed by atoms with E-state index in [1.807, 2.05) is 37.8 Å². The second-order valence-corrected chi connectivity index (χ2v) is 7.86. The van der Waals surface area contributed by atoms with Crippen molar-refractivity contribution in [1.29, 1.82) is 0 Å². The number of nitrogens with zero attached hydrogens (tertiary/aromatic N) is 1. The zero-order valence-electron chi connectivity index (χ0n) is 18.4. The van der Waals surface area contributed by atoms with Gasteiger partial charge in [-0.3, -0.25) is 9.59 Å². The third kappa shape index (κ3) is 5.34. The topological polar surface area (TPSA) is 77.1 Å². The van der Waals surface area contributed by atoms with Gasteiger partial charge in [0.1, 0.15) is 0 Å². The van der Waals surface area contributed by atoms with Crippen molar-refractivity contribution in [2.75, 3.05) is 41.0 Å². The fraction of sp³-hybridized carbons (Fsp3) is 0.636. The van der Waals surface area contributed by atoms with Crippen LogP contribution in [0.1, 0.15) is 45.1 Å². The van der Waals surface area contributed by atoms with Crippen molar-refractivity contribution >= 4 is 11.8 Å².